The van der Waals surface area contributed by atoms with Crippen molar-refractivity contribution in [2.24, 2.45) is 5.73 Å². The predicted octanol–water partition coefficient (Wildman–Crippen LogP) is 5.30. The second kappa shape index (κ2) is 8.19. The fourth-order valence-electron chi connectivity index (χ4n) is 3.89. The molecular formula is C23H19Br2N3O. The van der Waals surface area contributed by atoms with Crippen molar-refractivity contribution in [2.75, 3.05) is 20.1 Å². The summed E-state index contributed by atoms with van der Waals surface area (Å²) in [6.07, 6.45) is 2.12. The van der Waals surface area contributed by atoms with Crippen LogP contribution in [0, 0.1) is 11.3 Å². The van der Waals surface area contributed by atoms with E-state index in [0.29, 0.717) is 12.1 Å². The van der Waals surface area contributed by atoms with Crippen molar-refractivity contribution in [3.8, 4) is 6.07 Å². The van der Waals surface area contributed by atoms with Gasteiger partial charge in [-0.3, -0.25) is 4.90 Å². The second-order valence-electron chi connectivity index (χ2n) is 7.16. The summed E-state index contributed by atoms with van der Waals surface area (Å²) in [4.78, 5) is 2.23. The summed E-state index contributed by atoms with van der Waals surface area (Å²) < 4.78 is 8.01. The van der Waals surface area contributed by atoms with Crippen LogP contribution in [0.5, 0.6) is 0 Å². The van der Waals surface area contributed by atoms with E-state index < -0.39 is 0 Å². The summed E-state index contributed by atoms with van der Waals surface area (Å²) in [5, 5.41) is 9.84. The molecule has 4 rings (SSSR count). The van der Waals surface area contributed by atoms with Gasteiger partial charge in [-0.2, -0.15) is 5.26 Å². The number of hydrogen-bond acceptors (Lipinski definition) is 4. The number of likely N-dealkylation sites (N-methyl/N-ethyl adjacent to an activating group) is 1. The summed E-state index contributed by atoms with van der Waals surface area (Å²) in [5.41, 5.74) is 10.9. The minimum atomic E-state index is -0.246. The number of nitriles is 1. The van der Waals surface area contributed by atoms with Gasteiger partial charge in [0.05, 0.1) is 5.92 Å². The van der Waals surface area contributed by atoms with Crippen LogP contribution < -0.4 is 5.73 Å². The molecular weight excluding hydrogens is 494 g/mol. The van der Waals surface area contributed by atoms with E-state index >= 15 is 0 Å². The average Bonchev–Trinajstić information content (AvgIpc) is 2.70. The first-order valence-electron chi connectivity index (χ1n) is 9.18. The molecule has 0 saturated heterocycles. The summed E-state index contributed by atoms with van der Waals surface area (Å²) in [6, 6.07) is 18.3. The number of rotatable bonds is 2. The molecule has 0 radical (unpaired) electrons. The Labute approximate surface area is 187 Å². The Hall–Kier alpha value is -2.33. The van der Waals surface area contributed by atoms with Crippen molar-refractivity contribution in [3.05, 3.63) is 97.0 Å². The van der Waals surface area contributed by atoms with Crippen LogP contribution in [-0.2, 0) is 4.74 Å². The van der Waals surface area contributed by atoms with Crippen LogP contribution in [-0.4, -0.2) is 25.0 Å². The molecule has 29 heavy (non-hydrogen) atoms. The van der Waals surface area contributed by atoms with Crippen LogP contribution in [0.25, 0.3) is 6.08 Å². The van der Waals surface area contributed by atoms with Gasteiger partial charge >= 0.3 is 0 Å². The quantitative estimate of drug-likeness (QED) is 0.592. The summed E-state index contributed by atoms with van der Waals surface area (Å²) in [5.74, 6) is 0.704. The lowest BCUT2D eigenvalue weighted by atomic mass is 9.80. The van der Waals surface area contributed by atoms with Gasteiger partial charge < -0.3 is 10.5 Å². The lowest BCUT2D eigenvalue weighted by Crippen LogP contribution is -2.36. The molecule has 4 nitrogen and oxygen atoms in total. The molecule has 2 aliphatic rings. The third-order valence-corrected chi connectivity index (χ3v) is 6.59. The zero-order valence-electron chi connectivity index (χ0n) is 15.8. The van der Waals surface area contributed by atoms with Crippen LogP contribution in [0.1, 0.15) is 17.0 Å². The molecule has 0 aliphatic carbocycles. The monoisotopic (exact) mass is 511 g/mol. The summed E-state index contributed by atoms with van der Waals surface area (Å²) in [7, 11) is 2.07. The first-order chi connectivity index (χ1) is 14.0. The van der Waals surface area contributed by atoms with Crippen molar-refractivity contribution in [1.29, 1.82) is 5.26 Å². The summed E-state index contributed by atoms with van der Waals surface area (Å²) >= 11 is 7.27. The molecule has 2 N–H and O–H groups in total. The Kier molecular flexibility index (Phi) is 5.64. The smallest absolute Gasteiger partial charge is 0.205 e. The lowest BCUT2D eigenvalue weighted by Gasteiger charge is -2.37. The Bertz CT molecular complexity index is 1110. The first-order valence-corrected chi connectivity index (χ1v) is 10.8. The topological polar surface area (TPSA) is 62.3 Å². The molecule has 2 aromatic carbocycles. The van der Waals surface area contributed by atoms with Crippen LogP contribution in [0.3, 0.4) is 0 Å². The van der Waals surface area contributed by atoms with Crippen LogP contribution >= 0.6 is 31.9 Å². The maximum absolute atomic E-state index is 9.84. The van der Waals surface area contributed by atoms with Gasteiger partial charge in [0.2, 0.25) is 5.88 Å². The molecule has 0 amide bonds. The Morgan fingerprint density at radius 1 is 1.10 bits per heavy atom. The molecule has 0 fully saturated rings. The van der Waals surface area contributed by atoms with Crippen molar-refractivity contribution in [2.45, 2.75) is 5.92 Å². The number of allylic oxidation sites excluding steroid dienone is 1. The third kappa shape index (κ3) is 3.78. The van der Waals surface area contributed by atoms with E-state index in [0.717, 1.165) is 43.5 Å². The highest BCUT2D eigenvalue weighted by Gasteiger charge is 2.37. The number of nitrogens with zero attached hydrogens (tertiary/aromatic N) is 2. The standard InChI is InChI=1S/C23H19Br2N3O/c1-28-12-15(10-14-6-2-4-8-19(14)24)22-18(13-28)21(17(11-26)23(27)29-22)16-7-3-5-9-20(16)25/h2-10,21H,12-13,27H2,1H3/b15-10+/t21-/m1/s1. The fourth-order valence-corrected chi connectivity index (χ4v) is 4.80. The highest BCUT2D eigenvalue weighted by atomic mass is 79.9. The molecule has 0 bridgehead atoms. The minimum absolute atomic E-state index is 0.176. The maximum Gasteiger partial charge on any atom is 0.205 e. The molecule has 146 valence electrons. The normalized spacial score (nSPS) is 21.0. The zero-order chi connectivity index (χ0) is 20.5. The number of nitrogens with two attached hydrogens (primary N) is 1. The van der Waals surface area contributed by atoms with E-state index in [1.807, 2.05) is 42.5 Å². The molecule has 6 heteroatoms. The number of benzene rings is 2. The Balaban J connectivity index is 1.91. The van der Waals surface area contributed by atoms with Gasteiger partial charge in [-0.15, -0.1) is 0 Å². The molecule has 2 aliphatic heterocycles. The van der Waals surface area contributed by atoms with Crippen LogP contribution in [0.2, 0.25) is 0 Å². The SMILES string of the molecule is CN1CC2=C(OC(N)=C(C#N)[C@H]2c2ccccc2Br)/C(=C/c2ccccc2Br)C1. The van der Waals surface area contributed by atoms with E-state index in [2.05, 4.69) is 62.0 Å². The summed E-state index contributed by atoms with van der Waals surface area (Å²) in [6.45, 7) is 1.44. The Morgan fingerprint density at radius 2 is 1.79 bits per heavy atom. The maximum atomic E-state index is 9.84. The van der Waals surface area contributed by atoms with Gasteiger partial charge in [0.15, 0.2) is 0 Å². The second-order valence-corrected chi connectivity index (χ2v) is 8.87. The van der Waals surface area contributed by atoms with Crippen molar-refractivity contribution in [1.82, 2.24) is 4.90 Å². The third-order valence-electron chi connectivity index (χ3n) is 5.15. The van der Waals surface area contributed by atoms with Gasteiger partial charge in [-0.25, -0.2) is 0 Å². The molecule has 2 heterocycles. The molecule has 1 atom stereocenters. The molecule has 2 aromatic rings. The fraction of sp³-hybridized carbons (Fsp3) is 0.174. The van der Waals surface area contributed by atoms with E-state index in [1.54, 1.807) is 0 Å². The number of ether oxygens (including phenoxy) is 1. The zero-order valence-corrected chi connectivity index (χ0v) is 19.0. The van der Waals surface area contributed by atoms with Gasteiger partial charge in [0, 0.05) is 27.6 Å². The Morgan fingerprint density at radius 3 is 2.48 bits per heavy atom. The highest BCUT2D eigenvalue weighted by Crippen LogP contribution is 2.45. The van der Waals surface area contributed by atoms with Crippen molar-refractivity contribution in [3.63, 3.8) is 0 Å². The van der Waals surface area contributed by atoms with E-state index in [4.69, 9.17) is 10.5 Å². The number of hydrogen-bond donors (Lipinski definition) is 1. The van der Waals surface area contributed by atoms with Gasteiger partial charge in [-0.05, 0) is 42.0 Å². The van der Waals surface area contributed by atoms with Crippen molar-refractivity contribution < 1.29 is 4.74 Å². The van der Waals surface area contributed by atoms with Crippen LogP contribution in [0.15, 0.2) is 85.8 Å². The molecule has 0 aromatic heterocycles. The predicted molar refractivity (Wildman–Crippen MR) is 121 cm³/mol. The van der Waals surface area contributed by atoms with Gasteiger partial charge in [-0.1, -0.05) is 68.3 Å². The lowest BCUT2D eigenvalue weighted by molar-refractivity contribution is 0.251. The van der Waals surface area contributed by atoms with E-state index in [9.17, 15) is 5.26 Å². The van der Waals surface area contributed by atoms with Gasteiger partial charge in [0.25, 0.3) is 0 Å². The van der Waals surface area contributed by atoms with E-state index in [-0.39, 0.29) is 11.8 Å². The van der Waals surface area contributed by atoms with Crippen LogP contribution in [0.4, 0.5) is 0 Å². The van der Waals surface area contributed by atoms with Crippen molar-refractivity contribution >= 4 is 37.9 Å². The minimum Gasteiger partial charge on any atom is -0.440 e. The first kappa shape index (κ1) is 20.0. The average molecular weight is 513 g/mol. The molecule has 0 saturated carbocycles. The molecule has 0 unspecified atom stereocenters. The molecule has 0 spiro atoms. The largest absolute Gasteiger partial charge is 0.440 e. The van der Waals surface area contributed by atoms with Gasteiger partial charge in [0.1, 0.15) is 17.4 Å². The highest BCUT2D eigenvalue weighted by molar-refractivity contribution is 9.10. The number of halogens is 2. The van der Waals surface area contributed by atoms with E-state index in [1.165, 1.54) is 0 Å².